The lowest BCUT2D eigenvalue weighted by atomic mass is 10.0. The number of carbonyl (C=O) groups excluding carboxylic acids is 2. The molecule has 2 aromatic rings. The molecular formula is C23H26F3N3O2. The van der Waals surface area contributed by atoms with E-state index in [9.17, 15) is 22.8 Å². The van der Waals surface area contributed by atoms with Gasteiger partial charge in [0.25, 0.3) is 5.91 Å². The Morgan fingerprint density at radius 1 is 1.10 bits per heavy atom. The molecule has 2 amide bonds. The van der Waals surface area contributed by atoms with Crippen LogP contribution in [0.2, 0.25) is 0 Å². The standard InChI is InChI=1S/C23H26F3N3O2/c1-15(16-6-4-8-18(12-16)23(24,25)26)29(20-10-11-20)14-21(30)27-19-9-5-7-17(13-19)22(31)28(2)3/h4-9,12-13,15,20H,10-11,14H2,1-3H3,(H,27,30). The molecule has 0 bridgehead atoms. The van der Waals surface area contributed by atoms with Crippen molar-refractivity contribution in [2.75, 3.05) is 26.0 Å². The number of amides is 2. The number of alkyl halides is 3. The van der Waals surface area contributed by atoms with Gasteiger partial charge in [-0.3, -0.25) is 14.5 Å². The lowest BCUT2D eigenvalue weighted by molar-refractivity contribution is -0.137. The zero-order valence-electron chi connectivity index (χ0n) is 17.7. The fourth-order valence-corrected chi connectivity index (χ4v) is 3.51. The largest absolute Gasteiger partial charge is 0.416 e. The quantitative estimate of drug-likeness (QED) is 0.696. The highest BCUT2D eigenvalue weighted by molar-refractivity contribution is 5.97. The van der Waals surface area contributed by atoms with E-state index in [1.165, 1.54) is 11.0 Å². The average Bonchev–Trinajstić information content (AvgIpc) is 3.55. The van der Waals surface area contributed by atoms with Crippen LogP contribution in [-0.4, -0.2) is 48.3 Å². The fourth-order valence-electron chi connectivity index (χ4n) is 3.51. The van der Waals surface area contributed by atoms with Crippen LogP contribution in [0.5, 0.6) is 0 Å². The Bertz CT molecular complexity index is 955. The van der Waals surface area contributed by atoms with Gasteiger partial charge >= 0.3 is 6.18 Å². The molecule has 166 valence electrons. The van der Waals surface area contributed by atoms with Crippen LogP contribution in [0, 0.1) is 0 Å². The molecule has 0 saturated heterocycles. The zero-order valence-corrected chi connectivity index (χ0v) is 17.7. The van der Waals surface area contributed by atoms with Gasteiger partial charge in [0.1, 0.15) is 0 Å². The van der Waals surface area contributed by atoms with Gasteiger partial charge < -0.3 is 10.2 Å². The van der Waals surface area contributed by atoms with E-state index in [0.717, 1.165) is 25.0 Å². The van der Waals surface area contributed by atoms with Crippen molar-refractivity contribution in [1.29, 1.82) is 0 Å². The van der Waals surface area contributed by atoms with Gasteiger partial charge in [-0.05, 0) is 55.7 Å². The first kappa shape index (κ1) is 22.8. The molecule has 2 aromatic carbocycles. The van der Waals surface area contributed by atoms with Crippen LogP contribution in [0.1, 0.15) is 47.3 Å². The molecule has 1 saturated carbocycles. The summed E-state index contributed by atoms with van der Waals surface area (Å²) in [6, 6.07) is 11.7. The molecule has 0 aromatic heterocycles. The molecule has 0 aliphatic heterocycles. The monoisotopic (exact) mass is 433 g/mol. The second-order valence-electron chi connectivity index (χ2n) is 8.03. The van der Waals surface area contributed by atoms with Crippen molar-refractivity contribution in [2.45, 2.75) is 38.0 Å². The highest BCUT2D eigenvalue weighted by atomic mass is 19.4. The molecule has 1 N–H and O–H groups in total. The molecule has 1 unspecified atom stereocenters. The molecular weight excluding hydrogens is 407 g/mol. The average molecular weight is 433 g/mol. The van der Waals surface area contributed by atoms with Crippen LogP contribution in [0.4, 0.5) is 18.9 Å². The zero-order chi connectivity index (χ0) is 22.8. The number of hydrogen-bond donors (Lipinski definition) is 1. The third kappa shape index (κ3) is 5.85. The summed E-state index contributed by atoms with van der Waals surface area (Å²) >= 11 is 0. The number of hydrogen-bond acceptors (Lipinski definition) is 3. The molecule has 8 heteroatoms. The van der Waals surface area contributed by atoms with Crippen LogP contribution >= 0.6 is 0 Å². The first-order chi connectivity index (χ1) is 14.6. The smallest absolute Gasteiger partial charge is 0.345 e. The van der Waals surface area contributed by atoms with Crippen molar-refractivity contribution in [2.24, 2.45) is 0 Å². The number of nitrogens with one attached hydrogen (secondary N) is 1. The molecule has 1 fully saturated rings. The van der Waals surface area contributed by atoms with Crippen LogP contribution in [0.25, 0.3) is 0 Å². The van der Waals surface area contributed by atoms with E-state index in [1.54, 1.807) is 44.4 Å². The van der Waals surface area contributed by atoms with Gasteiger partial charge in [0.2, 0.25) is 5.91 Å². The molecule has 1 aliphatic carbocycles. The first-order valence-corrected chi connectivity index (χ1v) is 10.1. The number of carbonyl (C=O) groups is 2. The van der Waals surface area contributed by atoms with Crippen molar-refractivity contribution in [1.82, 2.24) is 9.80 Å². The molecule has 0 spiro atoms. The van der Waals surface area contributed by atoms with Gasteiger partial charge in [-0.15, -0.1) is 0 Å². The van der Waals surface area contributed by atoms with Crippen molar-refractivity contribution >= 4 is 17.5 Å². The Labute approximate surface area is 179 Å². The van der Waals surface area contributed by atoms with Crippen molar-refractivity contribution in [3.8, 4) is 0 Å². The third-order valence-corrected chi connectivity index (χ3v) is 5.34. The molecule has 31 heavy (non-hydrogen) atoms. The van der Waals surface area contributed by atoms with E-state index in [4.69, 9.17) is 0 Å². The lowest BCUT2D eigenvalue weighted by Crippen LogP contribution is -2.37. The second-order valence-corrected chi connectivity index (χ2v) is 8.03. The number of halogens is 3. The normalized spacial score (nSPS) is 14.9. The summed E-state index contributed by atoms with van der Waals surface area (Å²) in [6.07, 6.45) is -2.60. The predicted molar refractivity (Wildman–Crippen MR) is 113 cm³/mol. The first-order valence-electron chi connectivity index (χ1n) is 10.1. The van der Waals surface area contributed by atoms with Crippen LogP contribution in [0.15, 0.2) is 48.5 Å². The van der Waals surface area contributed by atoms with Crippen LogP contribution < -0.4 is 5.32 Å². The van der Waals surface area contributed by atoms with E-state index in [-0.39, 0.29) is 30.4 Å². The Morgan fingerprint density at radius 2 is 1.77 bits per heavy atom. The van der Waals surface area contributed by atoms with Gasteiger partial charge in [-0.2, -0.15) is 13.2 Å². The highest BCUT2D eigenvalue weighted by Gasteiger charge is 2.35. The number of rotatable bonds is 7. The summed E-state index contributed by atoms with van der Waals surface area (Å²) in [5, 5.41) is 2.80. The third-order valence-electron chi connectivity index (χ3n) is 5.34. The number of benzene rings is 2. The van der Waals surface area contributed by atoms with Crippen LogP contribution in [-0.2, 0) is 11.0 Å². The van der Waals surface area contributed by atoms with Crippen molar-refractivity contribution in [3.05, 3.63) is 65.2 Å². The minimum absolute atomic E-state index is 0.0495. The molecule has 3 rings (SSSR count). The Balaban J connectivity index is 1.72. The SMILES string of the molecule is CC(c1cccc(C(F)(F)F)c1)N(CC(=O)Nc1cccc(C(=O)N(C)C)c1)C1CC1. The maximum Gasteiger partial charge on any atom is 0.416 e. The van der Waals surface area contributed by atoms with Gasteiger partial charge in [-0.1, -0.05) is 18.2 Å². The Hall–Kier alpha value is -2.87. The van der Waals surface area contributed by atoms with Gasteiger partial charge in [0.05, 0.1) is 12.1 Å². The molecule has 0 radical (unpaired) electrons. The van der Waals surface area contributed by atoms with Crippen molar-refractivity contribution < 1.29 is 22.8 Å². The van der Waals surface area contributed by atoms with Crippen molar-refractivity contribution in [3.63, 3.8) is 0 Å². The van der Waals surface area contributed by atoms with Gasteiger partial charge in [-0.25, -0.2) is 0 Å². The summed E-state index contributed by atoms with van der Waals surface area (Å²) in [7, 11) is 3.30. The maximum absolute atomic E-state index is 13.1. The van der Waals surface area contributed by atoms with Crippen LogP contribution in [0.3, 0.4) is 0 Å². The Kier molecular flexibility index (Phi) is 6.69. The summed E-state index contributed by atoms with van der Waals surface area (Å²) in [6.45, 7) is 1.87. The summed E-state index contributed by atoms with van der Waals surface area (Å²) in [5.74, 6) is -0.450. The molecule has 5 nitrogen and oxygen atoms in total. The maximum atomic E-state index is 13.1. The summed E-state index contributed by atoms with van der Waals surface area (Å²) in [4.78, 5) is 28.2. The number of nitrogens with zero attached hydrogens (tertiary/aromatic N) is 2. The summed E-state index contributed by atoms with van der Waals surface area (Å²) < 4.78 is 39.3. The minimum atomic E-state index is -4.41. The van der Waals surface area contributed by atoms with E-state index in [2.05, 4.69) is 5.32 Å². The molecule has 1 aliphatic rings. The predicted octanol–water partition coefficient (Wildman–Crippen LogP) is 4.57. The summed E-state index contributed by atoms with van der Waals surface area (Å²) in [5.41, 5.74) is 0.784. The molecule has 0 heterocycles. The minimum Gasteiger partial charge on any atom is -0.345 e. The molecule has 1 atom stereocenters. The second kappa shape index (κ2) is 9.09. The highest BCUT2D eigenvalue weighted by Crippen LogP contribution is 2.36. The number of anilines is 1. The van der Waals surface area contributed by atoms with E-state index in [1.807, 2.05) is 11.8 Å². The lowest BCUT2D eigenvalue weighted by Gasteiger charge is -2.29. The van der Waals surface area contributed by atoms with E-state index in [0.29, 0.717) is 16.8 Å². The Morgan fingerprint density at radius 3 is 2.39 bits per heavy atom. The van der Waals surface area contributed by atoms with Gasteiger partial charge in [0, 0.05) is 37.4 Å². The van der Waals surface area contributed by atoms with E-state index < -0.39 is 11.7 Å². The van der Waals surface area contributed by atoms with E-state index >= 15 is 0 Å². The van der Waals surface area contributed by atoms with Gasteiger partial charge in [0.15, 0.2) is 0 Å². The topological polar surface area (TPSA) is 52.7 Å². The fraction of sp³-hybridized carbons (Fsp3) is 0.391.